The predicted molar refractivity (Wildman–Crippen MR) is 74.4 cm³/mol. The number of carbonyl (C=O) groups is 2. The van der Waals surface area contributed by atoms with Crippen LogP contribution < -0.4 is 10.6 Å². The highest BCUT2D eigenvalue weighted by molar-refractivity contribution is 8.00. The van der Waals surface area contributed by atoms with Crippen LogP contribution in [0.2, 0.25) is 0 Å². The van der Waals surface area contributed by atoms with E-state index in [1.807, 2.05) is 13.0 Å². The van der Waals surface area contributed by atoms with Crippen LogP contribution in [0.15, 0.2) is 23.1 Å². The molecule has 0 radical (unpaired) electrons. The molecular formula is C13H16N2O3S. The van der Waals surface area contributed by atoms with Gasteiger partial charge in [-0.25, -0.2) is 0 Å². The van der Waals surface area contributed by atoms with Gasteiger partial charge in [-0.15, -0.1) is 11.8 Å². The molecule has 6 heteroatoms. The number of thioether (sulfide) groups is 1. The van der Waals surface area contributed by atoms with Gasteiger partial charge in [-0.2, -0.15) is 0 Å². The minimum absolute atomic E-state index is 0.0585. The van der Waals surface area contributed by atoms with Gasteiger partial charge in [0.15, 0.2) is 0 Å². The molecule has 5 nitrogen and oxygen atoms in total. The van der Waals surface area contributed by atoms with Gasteiger partial charge in [0.05, 0.1) is 24.1 Å². The predicted octanol–water partition coefficient (Wildman–Crippen LogP) is 1.23. The van der Waals surface area contributed by atoms with E-state index in [1.165, 1.54) is 11.8 Å². The number of benzene rings is 1. The zero-order valence-corrected chi connectivity index (χ0v) is 11.4. The number of carbonyl (C=O) groups excluding carboxylic acids is 2. The Morgan fingerprint density at radius 1 is 1.58 bits per heavy atom. The van der Waals surface area contributed by atoms with Crippen molar-refractivity contribution < 1.29 is 14.7 Å². The van der Waals surface area contributed by atoms with E-state index in [2.05, 4.69) is 10.6 Å². The van der Waals surface area contributed by atoms with E-state index in [4.69, 9.17) is 5.11 Å². The van der Waals surface area contributed by atoms with E-state index >= 15 is 0 Å². The number of hydrogen-bond donors (Lipinski definition) is 3. The Hall–Kier alpha value is -1.53. The summed E-state index contributed by atoms with van der Waals surface area (Å²) in [6.07, 6.45) is 0.666. The molecule has 0 spiro atoms. The van der Waals surface area contributed by atoms with Crippen LogP contribution in [-0.4, -0.2) is 35.3 Å². The summed E-state index contributed by atoms with van der Waals surface area (Å²) >= 11 is 1.46. The number of amides is 2. The first-order valence-corrected chi connectivity index (χ1v) is 7.11. The summed E-state index contributed by atoms with van der Waals surface area (Å²) in [5, 5.41) is 14.6. The maximum Gasteiger partial charge on any atom is 0.251 e. The molecule has 2 rings (SSSR count). The van der Waals surface area contributed by atoms with Crippen LogP contribution in [0.25, 0.3) is 0 Å². The van der Waals surface area contributed by atoms with Gasteiger partial charge in [0.2, 0.25) is 5.91 Å². The third-order valence-corrected chi connectivity index (χ3v) is 4.00. The molecule has 102 valence electrons. The maximum absolute atomic E-state index is 12.0. The zero-order valence-electron chi connectivity index (χ0n) is 10.6. The van der Waals surface area contributed by atoms with Crippen molar-refractivity contribution in [2.45, 2.75) is 24.3 Å². The molecule has 0 saturated heterocycles. The van der Waals surface area contributed by atoms with Crippen LogP contribution >= 0.6 is 11.8 Å². The fourth-order valence-corrected chi connectivity index (χ4v) is 2.56. The second-order valence-corrected chi connectivity index (χ2v) is 5.33. The Kier molecular flexibility index (Phi) is 4.44. The highest BCUT2D eigenvalue weighted by Crippen LogP contribution is 2.31. The molecule has 0 fully saturated rings. The summed E-state index contributed by atoms with van der Waals surface area (Å²) in [7, 11) is 0. The Balaban J connectivity index is 2.15. The van der Waals surface area contributed by atoms with Crippen LogP contribution in [0, 0.1) is 0 Å². The standard InChI is InChI=1S/C13H16N2O3S/c1-2-9(6-16)14-13(18)8-3-4-11-10(5-8)15-12(17)7-19-11/h3-5,9,16H,2,6-7H2,1H3,(H,14,18)(H,15,17)/t9-/m1/s1. The Morgan fingerprint density at radius 2 is 2.37 bits per heavy atom. The van der Waals surface area contributed by atoms with Crippen LogP contribution in [0.5, 0.6) is 0 Å². The lowest BCUT2D eigenvalue weighted by Gasteiger charge is -2.18. The molecule has 0 unspecified atom stereocenters. The molecule has 0 aliphatic carbocycles. The first kappa shape index (κ1) is 13.9. The lowest BCUT2D eigenvalue weighted by atomic mass is 10.1. The average Bonchev–Trinajstić information content (AvgIpc) is 2.43. The highest BCUT2D eigenvalue weighted by atomic mass is 32.2. The number of fused-ring (bicyclic) bond motifs is 1. The number of aliphatic hydroxyl groups excluding tert-OH is 1. The average molecular weight is 280 g/mol. The lowest BCUT2D eigenvalue weighted by molar-refractivity contribution is -0.113. The second kappa shape index (κ2) is 6.08. The molecule has 0 saturated carbocycles. The quantitative estimate of drug-likeness (QED) is 0.775. The number of anilines is 1. The van der Waals surface area contributed by atoms with E-state index in [1.54, 1.807) is 12.1 Å². The SMILES string of the molecule is CC[C@H](CO)NC(=O)c1ccc2c(c1)NC(=O)CS2. The van der Waals surface area contributed by atoms with E-state index in [0.29, 0.717) is 23.4 Å². The van der Waals surface area contributed by atoms with Crippen molar-refractivity contribution in [3.05, 3.63) is 23.8 Å². The number of rotatable bonds is 4. The van der Waals surface area contributed by atoms with Crippen LogP contribution in [-0.2, 0) is 4.79 Å². The first-order chi connectivity index (χ1) is 9.13. The van der Waals surface area contributed by atoms with Gasteiger partial charge in [0.25, 0.3) is 5.91 Å². The van der Waals surface area contributed by atoms with Crippen molar-refractivity contribution >= 4 is 29.3 Å². The van der Waals surface area contributed by atoms with Gasteiger partial charge < -0.3 is 15.7 Å². The molecule has 0 bridgehead atoms. The first-order valence-electron chi connectivity index (χ1n) is 6.12. The third-order valence-electron chi connectivity index (χ3n) is 2.92. The molecule has 2 amide bonds. The van der Waals surface area contributed by atoms with E-state index in [0.717, 1.165) is 4.90 Å². The van der Waals surface area contributed by atoms with Crippen molar-refractivity contribution in [2.24, 2.45) is 0 Å². The summed E-state index contributed by atoms with van der Waals surface area (Å²) in [5.74, 6) is 0.103. The fraction of sp³-hybridized carbons (Fsp3) is 0.385. The van der Waals surface area contributed by atoms with Gasteiger partial charge in [0.1, 0.15) is 0 Å². The van der Waals surface area contributed by atoms with Gasteiger partial charge in [-0.05, 0) is 24.6 Å². The molecule has 1 atom stereocenters. The van der Waals surface area contributed by atoms with Crippen LogP contribution in [0.3, 0.4) is 0 Å². The molecule has 1 aromatic carbocycles. The summed E-state index contributed by atoms with van der Waals surface area (Å²) < 4.78 is 0. The third kappa shape index (κ3) is 3.27. The van der Waals surface area contributed by atoms with E-state index < -0.39 is 0 Å². The molecular weight excluding hydrogens is 264 g/mol. The number of nitrogens with one attached hydrogen (secondary N) is 2. The van der Waals surface area contributed by atoms with Crippen molar-refractivity contribution in [2.75, 3.05) is 17.7 Å². The summed E-state index contributed by atoms with van der Waals surface area (Å²) in [4.78, 5) is 24.3. The fourth-order valence-electron chi connectivity index (χ4n) is 1.77. The number of hydrogen-bond acceptors (Lipinski definition) is 4. The van der Waals surface area contributed by atoms with Crippen LogP contribution in [0.1, 0.15) is 23.7 Å². The van der Waals surface area contributed by atoms with Crippen molar-refractivity contribution in [3.63, 3.8) is 0 Å². The van der Waals surface area contributed by atoms with Gasteiger partial charge in [-0.1, -0.05) is 6.92 Å². The Bertz CT molecular complexity index is 501. The maximum atomic E-state index is 12.0. The van der Waals surface area contributed by atoms with Gasteiger partial charge >= 0.3 is 0 Å². The molecule has 1 aliphatic heterocycles. The molecule has 3 N–H and O–H groups in total. The lowest BCUT2D eigenvalue weighted by Crippen LogP contribution is -2.37. The smallest absolute Gasteiger partial charge is 0.251 e. The molecule has 1 aliphatic rings. The van der Waals surface area contributed by atoms with Crippen molar-refractivity contribution in [1.82, 2.24) is 5.32 Å². The zero-order chi connectivity index (χ0) is 13.8. The second-order valence-electron chi connectivity index (χ2n) is 4.31. The normalized spacial score (nSPS) is 15.4. The summed E-state index contributed by atoms with van der Waals surface area (Å²) in [6, 6.07) is 4.98. The molecule has 19 heavy (non-hydrogen) atoms. The van der Waals surface area contributed by atoms with Crippen molar-refractivity contribution in [1.29, 1.82) is 0 Å². The largest absolute Gasteiger partial charge is 0.394 e. The minimum Gasteiger partial charge on any atom is -0.394 e. The molecule has 1 heterocycles. The minimum atomic E-state index is -0.243. The highest BCUT2D eigenvalue weighted by Gasteiger charge is 2.18. The van der Waals surface area contributed by atoms with Crippen LogP contribution in [0.4, 0.5) is 5.69 Å². The summed E-state index contributed by atoms with van der Waals surface area (Å²) in [6.45, 7) is 1.81. The Morgan fingerprint density at radius 3 is 3.05 bits per heavy atom. The Labute approximate surface area is 115 Å². The van der Waals surface area contributed by atoms with Gasteiger partial charge in [0, 0.05) is 10.5 Å². The van der Waals surface area contributed by atoms with Gasteiger partial charge in [-0.3, -0.25) is 9.59 Å². The molecule has 1 aromatic rings. The van der Waals surface area contributed by atoms with E-state index in [9.17, 15) is 9.59 Å². The van der Waals surface area contributed by atoms with E-state index in [-0.39, 0.29) is 24.5 Å². The molecule has 0 aromatic heterocycles. The summed E-state index contributed by atoms with van der Waals surface area (Å²) in [5.41, 5.74) is 1.15. The van der Waals surface area contributed by atoms with Crippen molar-refractivity contribution in [3.8, 4) is 0 Å². The topological polar surface area (TPSA) is 78.4 Å². The monoisotopic (exact) mass is 280 g/mol. The number of aliphatic hydroxyl groups is 1.